The molecule has 0 fully saturated rings. The van der Waals surface area contributed by atoms with Crippen molar-refractivity contribution in [2.45, 2.75) is 6.42 Å². The third-order valence-electron chi connectivity index (χ3n) is 3.11. The van der Waals surface area contributed by atoms with E-state index in [-0.39, 0.29) is 5.75 Å². The second-order valence-corrected chi connectivity index (χ2v) is 4.82. The van der Waals surface area contributed by atoms with Crippen molar-refractivity contribution in [1.29, 1.82) is 0 Å². The van der Waals surface area contributed by atoms with Gasteiger partial charge in [-0.1, -0.05) is 12.1 Å². The van der Waals surface area contributed by atoms with E-state index in [1.807, 2.05) is 12.1 Å². The number of aromatic hydroxyl groups is 1. The van der Waals surface area contributed by atoms with E-state index in [1.165, 1.54) is 0 Å². The number of rotatable bonds is 6. The maximum atomic E-state index is 9.26. The van der Waals surface area contributed by atoms with Crippen molar-refractivity contribution in [3.05, 3.63) is 60.7 Å². The van der Waals surface area contributed by atoms with Gasteiger partial charge in [0.1, 0.15) is 11.6 Å². The van der Waals surface area contributed by atoms with Crippen LogP contribution in [0.2, 0.25) is 0 Å². The molecule has 0 atom stereocenters. The molecule has 0 aliphatic rings. The lowest BCUT2D eigenvalue weighted by Crippen LogP contribution is -2.08. The van der Waals surface area contributed by atoms with Gasteiger partial charge in [-0.2, -0.15) is 4.98 Å². The molecule has 1 aromatic carbocycles. The zero-order valence-electron chi connectivity index (χ0n) is 12.3. The van der Waals surface area contributed by atoms with E-state index in [0.717, 1.165) is 24.3 Å². The fraction of sp³-hybridized carbons (Fsp3) is 0.125. The Morgan fingerprint density at radius 3 is 2.57 bits per heavy atom. The molecule has 3 rings (SSSR count). The monoisotopic (exact) mass is 308 g/mol. The Kier molecular flexibility index (Phi) is 4.58. The Morgan fingerprint density at radius 1 is 0.913 bits per heavy atom. The van der Waals surface area contributed by atoms with Crippen LogP contribution in [0, 0.1) is 0 Å². The van der Waals surface area contributed by atoms with Crippen LogP contribution in [-0.4, -0.2) is 31.6 Å². The fourth-order valence-corrected chi connectivity index (χ4v) is 1.99. The zero-order valence-corrected chi connectivity index (χ0v) is 12.3. The van der Waals surface area contributed by atoms with Gasteiger partial charge in [-0.15, -0.1) is 0 Å². The van der Waals surface area contributed by atoms with Gasteiger partial charge in [0, 0.05) is 25.1 Å². The van der Waals surface area contributed by atoms with Crippen LogP contribution in [0.5, 0.6) is 5.75 Å². The average molecular weight is 308 g/mol. The van der Waals surface area contributed by atoms with Gasteiger partial charge in [-0.3, -0.25) is 4.98 Å². The van der Waals surface area contributed by atoms with Gasteiger partial charge in [-0.25, -0.2) is 9.97 Å². The van der Waals surface area contributed by atoms with Crippen LogP contribution >= 0.6 is 0 Å². The van der Waals surface area contributed by atoms with E-state index in [4.69, 9.17) is 0 Å². The largest absolute Gasteiger partial charge is 0.508 e. The maximum absolute atomic E-state index is 9.26. The molecule has 7 heteroatoms. The van der Waals surface area contributed by atoms with Crippen molar-refractivity contribution in [2.75, 3.05) is 17.2 Å². The minimum absolute atomic E-state index is 0.275. The predicted octanol–water partition coefficient (Wildman–Crippen LogP) is 2.37. The molecule has 116 valence electrons. The number of hydrogen-bond donors (Lipinski definition) is 3. The first-order valence-corrected chi connectivity index (χ1v) is 7.17. The second-order valence-electron chi connectivity index (χ2n) is 4.82. The molecule has 0 unspecified atom stereocenters. The zero-order chi connectivity index (χ0) is 15.9. The van der Waals surface area contributed by atoms with Crippen molar-refractivity contribution >= 4 is 17.6 Å². The Bertz CT molecular complexity index is 748. The van der Waals surface area contributed by atoms with Gasteiger partial charge in [-0.05, 0) is 30.2 Å². The molecule has 0 amide bonds. The van der Waals surface area contributed by atoms with E-state index in [0.29, 0.717) is 11.8 Å². The molecule has 2 aromatic heterocycles. The van der Waals surface area contributed by atoms with Crippen LogP contribution in [0.25, 0.3) is 0 Å². The second kappa shape index (κ2) is 7.17. The first-order valence-electron chi connectivity index (χ1n) is 7.17. The molecule has 0 aliphatic carbocycles. The number of nitrogens with zero attached hydrogens (tertiary/aromatic N) is 4. The van der Waals surface area contributed by atoms with Crippen molar-refractivity contribution in [2.24, 2.45) is 0 Å². The molecule has 0 bridgehead atoms. The Morgan fingerprint density at radius 2 is 1.78 bits per heavy atom. The SMILES string of the molecule is Oc1ccc(CCNc2ccnc(Nc3cnccn3)n2)cc1. The molecular formula is C16H16N6O. The Hall–Kier alpha value is -3.22. The number of benzene rings is 1. The van der Waals surface area contributed by atoms with Gasteiger partial charge in [0.25, 0.3) is 0 Å². The van der Waals surface area contributed by atoms with Crippen LogP contribution in [0.1, 0.15) is 5.56 Å². The standard InChI is InChI=1S/C16H16N6O/c23-13-3-1-12(2-4-13)5-7-18-14-6-8-20-16(21-14)22-15-11-17-9-10-19-15/h1-4,6,8-11,23H,5,7H2,(H2,18,19,20,21,22). The Balaban J connectivity index is 1.56. The fourth-order valence-electron chi connectivity index (χ4n) is 1.99. The minimum atomic E-state index is 0.275. The summed E-state index contributed by atoms with van der Waals surface area (Å²) in [5.74, 6) is 2.05. The van der Waals surface area contributed by atoms with Gasteiger partial charge in [0.05, 0.1) is 6.20 Å². The highest BCUT2D eigenvalue weighted by atomic mass is 16.3. The number of anilines is 3. The molecule has 2 heterocycles. The Labute approximate surface area is 133 Å². The van der Waals surface area contributed by atoms with E-state index in [9.17, 15) is 5.11 Å². The molecule has 0 spiro atoms. The molecular weight excluding hydrogens is 292 g/mol. The van der Waals surface area contributed by atoms with Crippen molar-refractivity contribution in [3.8, 4) is 5.75 Å². The summed E-state index contributed by atoms with van der Waals surface area (Å²) in [5.41, 5.74) is 1.14. The highest BCUT2D eigenvalue weighted by molar-refractivity contribution is 5.48. The van der Waals surface area contributed by atoms with Crippen LogP contribution in [-0.2, 0) is 6.42 Å². The van der Waals surface area contributed by atoms with Crippen LogP contribution in [0.15, 0.2) is 55.1 Å². The lowest BCUT2D eigenvalue weighted by Gasteiger charge is -2.08. The normalized spacial score (nSPS) is 10.3. The molecule has 3 N–H and O–H groups in total. The summed E-state index contributed by atoms with van der Waals surface area (Å²) in [4.78, 5) is 16.6. The number of hydrogen-bond acceptors (Lipinski definition) is 7. The summed E-state index contributed by atoms with van der Waals surface area (Å²) in [7, 11) is 0. The first-order chi connectivity index (χ1) is 11.3. The third kappa shape index (κ3) is 4.37. The lowest BCUT2D eigenvalue weighted by molar-refractivity contribution is 0.475. The first kappa shape index (κ1) is 14.7. The quantitative estimate of drug-likeness (QED) is 0.643. The van der Waals surface area contributed by atoms with Gasteiger partial charge < -0.3 is 15.7 Å². The molecule has 0 saturated heterocycles. The third-order valence-corrected chi connectivity index (χ3v) is 3.11. The van der Waals surface area contributed by atoms with E-state index >= 15 is 0 Å². The van der Waals surface area contributed by atoms with E-state index in [2.05, 4.69) is 30.6 Å². The van der Waals surface area contributed by atoms with Crippen LogP contribution in [0.3, 0.4) is 0 Å². The molecule has 23 heavy (non-hydrogen) atoms. The van der Waals surface area contributed by atoms with Crippen LogP contribution in [0.4, 0.5) is 17.6 Å². The van der Waals surface area contributed by atoms with Crippen molar-refractivity contribution in [1.82, 2.24) is 19.9 Å². The van der Waals surface area contributed by atoms with Crippen molar-refractivity contribution in [3.63, 3.8) is 0 Å². The summed E-state index contributed by atoms with van der Waals surface area (Å²) in [6.45, 7) is 0.729. The molecule has 7 nitrogen and oxygen atoms in total. The molecule has 0 radical (unpaired) electrons. The summed E-state index contributed by atoms with van der Waals surface area (Å²) < 4.78 is 0. The average Bonchev–Trinajstić information content (AvgIpc) is 2.58. The molecule has 3 aromatic rings. The number of aromatic nitrogens is 4. The number of phenols is 1. The predicted molar refractivity (Wildman–Crippen MR) is 87.6 cm³/mol. The summed E-state index contributed by atoms with van der Waals surface area (Å²) in [5, 5.41) is 15.5. The van der Waals surface area contributed by atoms with Gasteiger partial charge in [0.2, 0.25) is 5.95 Å². The smallest absolute Gasteiger partial charge is 0.230 e. The van der Waals surface area contributed by atoms with E-state index < -0.39 is 0 Å². The lowest BCUT2D eigenvalue weighted by atomic mass is 10.1. The van der Waals surface area contributed by atoms with Gasteiger partial charge >= 0.3 is 0 Å². The minimum Gasteiger partial charge on any atom is -0.508 e. The van der Waals surface area contributed by atoms with Gasteiger partial charge in [0.15, 0.2) is 5.82 Å². The molecule has 0 saturated carbocycles. The number of nitrogens with one attached hydrogen (secondary N) is 2. The summed E-state index contributed by atoms with van der Waals surface area (Å²) in [6, 6.07) is 8.97. The van der Waals surface area contributed by atoms with E-state index in [1.54, 1.807) is 43.0 Å². The highest BCUT2D eigenvalue weighted by Gasteiger charge is 2.01. The topological polar surface area (TPSA) is 95.8 Å². The number of phenolic OH excluding ortho intramolecular Hbond substituents is 1. The van der Waals surface area contributed by atoms with Crippen LogP contribution < -0.4 is 10.6 Å². The van der Waals surface area contributed by atoms with Crippen molar-refractivity contribution < 1.29 is 5.11 Å². The summed E-state index contributed by atoms with van der Waals surface area (Å²) in [6.07, 6.45) is 7.31. The highest BCUT2D eigenvalue weighted by Crippen LogP contribution is 2.12. The molecule has 0 aliphatic heterocycles. The summed E-state index contributed by atoms with van der Waals surface area (Å²) >= 11 is 0. The maximum Gasteiger partial charge on any atom is 0.230 e.